The Hall–Kier alpha value is -0.910. The number of carbonyl (C=O) groups is 1. The molecule has 5 heteroatoms. The summed E-state index contributed by atoms with van der Waals surface area (Å²) in [6.07, 6.45) is 3.57. The molecule has 5 nitrogen and oxygen atoms in total. The lowest BCUT2D eigenvalue weighted by atomic mass is 10.3. The van der Waals surface area contributed by atoms with Crippen molar-refractivity contribution in [3.8, 4) is 0 Å². The normalized spacial score (nSPS) is 18.3. The maximum absolute atomic E-state index is 11.2. The SMILES string of the molecule is CCNC(=O)/C=C/CN1CCN(CCOC)CC1. The van der Waals surface area contributed by atoms with Gasteiger partial charge in [0.05, 0.1) is 6.61 Å². The van der Waals surface area contributed by atoms with Crippen LogP contribution in [0.5, 0.6) is 0 Å². The lowest BCUT2D eigenvalue weighted by molar-refractivity contribution is -0.116. The molecule has 0 saturated carbocycles. The first-order chi connectivity index (χ1) is 8.76. The summed E-state index contributed by atoms with van der Waals surface area (Å²) < 4.78 is 5.07. The van der Waals surface area contributed by atoms with E-state index >= 15 is 0 Å². The molecule has 0 bridgehead atoms. The largest absolute Gasteiger partial charge is 0.383 e. The molecule has 0 spiro atoms. The van der Waals surface area contributed by atoms with E-state index in [4.69, 9.17) is 4.74 Å². The molecule has 0 atom stereocenters. The van der Waals surface area contributed by atoms with E-state index in [0.717, 1.165) is 45.9 Å². The Kier molecular flexibility index (Phi) is 7.64. The lowest BCUT2D eigenvalue weighted by Gasteiger charge is -2.33. The molecule has 104 valence electrons. The highest BCUT2D eigenvalue weighted by Gasteiger charge is 2.14. The predicted molar refractivity (Wildman–Crippen MR) is 72.6 cm³/mol. The van der Waals surface area contributed by atoms with Gasteiger partial charge in [0.1, 0.15) is 0 Å². The summed E-state index contributed by atoms with van der Waals surface area (Å²) in [6, 6.07) is 0. The van der Waals surface area contributed by atoms with Crippen LogP contribution in [-0.2, 0) is 9.53 Å². The second-order valence-electron chi connectivity index (χ2n) is 4.43. The van der Waals surface area contributed by atoms with Gasteiger partial charge in [-0.2, -0.15) is 0 Å². The summed E-state index contributed by atoms with van der Waals surface area (Å²) in [4.78, 5) is 16.0. The quantitative estimate of drug-likeness (QED) is 0.648. The molecule has 1 aliphatic rings. The Morgan fingerprint density at radius 1 is 1.28 bits per heavy atom. The average Bonchev–Trinajstić information content (AvgIpc) is 2.38. The van der Waals surface area contributed by atoms with Crippen molar-refractivity contribution in [3.05, 3.63) is 12.2 Å². The van der Waals surface area contributed by atoms with Gasteiger partial charge in [0.25, 0.3) is 0 Å². The van der Waals surface area contributed by atoms with E-state index in [0.29, 0.717) is 6.54 Å². The van der Waals surface area contributed by atoms with Gasteiger partial charge in [-0.15, -0.1) is 0 Å². The number of rotatable bonds is 7. The van der Waals surface area contributed by atoms with Crippen LogP contribution in [0.15, 0.2) is 12.2 Å². The van der Waals surface area contributed by atoms with E-state index in [9.17, 15) is 4.79 Å². The summed E-state index contributed by atoms with van der Waals surface area (Å²) in [5, 5.41) is 2.75. The standard InChI is InChI=1S/C13H25N3O2/c1-3-14-13(17)5-4-6-15-7-9-16(10-8-15)11-12-18-2/h4-5H,3,6-12H2,1-2H3,(H,14,17)/b5-4+. The first-order valence-electron chi connectivity index (χ1n) is 6.64. The number of methoxy groups -OCH3 is 1. The Balaban J connectivity index is 2.13. The van der Waals surface area contributed by atoms with Gasteiger partial charge < -0.3 is 10.1 Å². The first-order valence-corrected chi connectivity index (χ1v) is 6.64. The highest BCUT2D eigenvalue weighted by molar-refractivity contribution is 5.87. The number of carbonyl (C=O) groups excluding carboxylic acids is 1. The highest BCUT2D eigenvalue weighted by Crippen LogP contribution is 2.01. The number of ether oxygens (including phenoxy) is 1. The van der Waals surface area contributed by atoms with Gasteiger partial charge >= 0.3 is 0 Å². The Labute approximate surface area is 110 Å². The second kappa shape index (κ2) is 9.08. The molecule has 0 unspecified atom stereocenters. The van der Waals surface area contributed by atoms with Crippen LogP contribution in [0.25, 0.3) is 0 Å². The van der Waals surface area contributed by atoms with Crippen LogP contribution in [0, 0.1) is 0 Å². The predicted octanol–water partition coefficient (Wildman–Crippen LogP) is -0.0573. The second-order valence-corrected chi connectivity index (χ2v) is 4.43. The number of hydrogen-bond donors (Lipinski definition) is 1. The number of piperazine rings is 1. The smallest absolute Gasteiger partial charge is 0.243 e. The maximum Gasteiger partial charge on any atom is 0.243 e. The van der Waals surface area contributed by atoms with Gasteiger partial charge in [-0.25, -0.2) is 0 Å². The van der Waals surface area contributed by atoms with Crippen molar-refractivity contribution in [2.75, 3.05) is 59.5 Å². The maximum atomic E-state index is 11.2. The molecule has 18 heavy (non-hydrogen) atoms. The fourth-order valence-corrected chi connectivity index (χ4v) is 1.96. The van der Waals surface area contributed by atoms with Gasteiger partial charge in [0.2, 0.25) is 5.91 Å². The fraction of sp³-hybridized carbons (Fsp3) is 0.769. The van der Waals surface area contributed by atoms with Gasteiger partial charge in [-0.3, -0.25) is 14.6 Å². The molecule has 1 saturated heterocycles. The van der Waals surface area contributed by atoms with Crippen molar-refractivity contribution in [1.82, 2.24) is 15.1 Å². The zero-order chi connectivity index (χ0) is 13.2. The minimum atomic E-state index is -0.00349. The zero-order valence-electron chi connectivity index (χ0n) is 11.5. The first kappa shape index (κ1) is 15.1. The number of likely N-dealkylation sites (N-methyl/N-ethyl adjacent to an activating group) is 1. The van der Waals surface area contributed by atoms with Crippen LogP contribution < -0.4 is 5.32 Å². The molecule has 1 N–H and O–H groups in total. The summed E-state index contributed by atoms with van der Waals surface area (Å²) >= 11 is 0. The van der Waals surface area contributed by atoms with Crippen molar-refractivity contribution >= 4 is 5.91 Å². The van der Waals surface area contributed by atoms with Crippen molar-refractivity contribution < 1.29 is 9.53 Å². The van der Waals surface area contributed by atoms with Crippen LogP contribution in [0.3, 0.4) is 0 Å². The fourth-order valence-electron chi connectivity index (χ4n) is 1.96. The summed E-state index contributed by atoms with van der Waals surface area (Å²) in [5.74, 6) is -0.00349. The van der Waals surface area contributed by atoms with Crippen LogP contribution in [0.1, 0.15) is 6.92 Å². The van der Waals surface area contributed by atoms with Gasteiger partial charge in [0.15, 0.2) is 0 Å². The zero-order valence-corrected chi connectivity index (χ0v) is 11.5. The third-order valence-corrected chi connectivity index (χ3v) is 3.06. The van der Waals surface area contributed by atoms with Crippen LogP contribution >= 0.6 is 0 Å². The highest BCUT2D eigenvalue weighted by atomic mass is 16.5. The Morgan fingerprint density at radius 3 is 2.56 bits per heavy atom. The monoisotopic (exact) mass is 255 g/mol. The third kappa shape index (κ3) is 6.14. The number of hydrogen-bond acceptors (Lipinski definition) is 4. The molecule has 0 aliphatic carbocycles. The van der Waals surface area contributed by atoms with E-state index in [1.54, 1.807) is 13.2 Å². The molecule has 1 aliphatic heterocycles. The lowest BCUT2D eigenvalue weighted by Crippen LogP contribution is -2.47. The van der Waals surface area contributed by atoms with Crippen LogP contribution in [0.2, 0.25) is 0 Å². The van der Waals surface area contributed by atoms with E-state index in [1.807, 2.05) is 13.0 Å². The Bertz CT molecular complexity index is 261. The van der Waals surface area contributed by atoms with Crippen LogP contribution in [-0.4, -0.2) is 75.2 Å². The minimum Gasteiger partial charge on any atom is -0.383 e. The van der Waals surface area contributed by atoms with Gasteiger partial charge in [0, 0.05) is 59.0 Å². The van der Waals surface area contributed by atoms with Crippen molar-refractivity contribution in [3.63, 3.8) is 0 Å². The molecule has 1 amide bonds. The molecule has 0 aromatic carbocycles. The van der Waals surface area contributed by atoms with Gasteiger partial charge in [-0.1, -0.05) is 6.08 Å². The molecule has 0 aromatic heterocycles. The molecule has 0 aromatic rings. The molecular formula is C13H25N3O2. The topological polar surface area (TPSA) is 44.8 Å². The number of nitrogens with one attached hydrogen (secondary N) is 1. The van der Waals surface area contributed by atoms with Crippen molar-refractivity contribution in [2.24, 2.45) is 0 Å². The minimum absolute atomic E-state index is 0.00349. The Morgan fingerprint density at radius 2 is 1.94 bits per heavy atom. The molecule has 1 fully saturated rings. The van der Waals surface area contributed by atoms with Crippen LogP contribution in [0.4, 0.5) is 0 Å². The molecular weight excluding hydrogens is 230 g/mol. The summed E-state index contributed by atoms with van der Waals surface area (Å²) in [6.45, 7) is 9.56. The molecule has 1 heterocycles. The average molecular weight is 255 g/mol. The number of amides is 1. The van der Waals surface area contributed by atoms with E-state index in [1.165, 1.54) is 0 Å². The van der Waals surface area contributed by atoms with Gasteiger partial charge in [-0.05, 0) is 6.92 Å². The number of nitrogens with zero attached hydrogens (tertiary/aromatic N) is 2. The third-order valence-electron chi connectivity index (χ3n) is 3.06. The molecule has 1 rings (SSSR count). The van der Waals surface area contributed by atoms with E-state index < -0.39 is 0 Å². The van der Waals surface area contributed by atoms with Crippen molar-refractivity contribution in [1.29, 1.82) is 0 Å². The molecule has 0 radical (unpaired) electrons. The van der Waals surface area contributed by atoms with E-state index in [2.05, 4.69) is 15.1 Å². The van der Waals surface area contributed by atoms with Crippen molar-refractivity contribution in [2.45, 2.75) is 6.92 Å². The van der Waals surface area contributed by atoms with E-state index in [-0.39, 0.29) is 5.91 Å². The summed E-state index contributed by atoms with van der Waals surface area (Å²) in [7, 11) is 1.74. The summed E-state index contributed by atoms with van der Waals surface area (Å²) in [5.41, 5.74) is 0.